The Morgan fingerprint density at radius 3 is 2.46 bits per heavy atom. The number of nitrogens with one attached hydrogen (secondary N) is 1. The second-order valence-electron chi connectivity index (χ2n) is 9.06. The number of thioether (sulfide) groups is 1. The second-order valence-corrected chi connectivity index (χ2v) is 9.94. The fourth-order valence-corrected chi connectivity index (χ4v) is 5.55. The molecule has 2 aromatic rings. The number of rotatable bonds is 8. The standard InChI is InChI=1S/C28H34N2O4S/c1-30-26(19-10-12-20(35-4)13-11-19)25(27(31)29-15-14-18-8-6-5-7-9-18)21-16-23(33-2)24(34-3)17-22(21)28(30)32/h8,10-13,16-17,25-26H,5-7,9,14-15H2,1-4H3,(H,29,31)/t25-,26-/m1/s1. The first kappa shape index (κ1) is 25.2. The average Bonchev–Trinajstić information content (AvgIpc) is 2.90. The number of nitrogens with zero attached hydrogens (tertiary/aromatic N) is 1. The largest absolute Gasteiger partial charge is 0.493 e. The normalized spacial score (nSPS) is 19.6. The summed E-state index contributed by atoms with van der Waals surface area (Å²) < 4.78 is 11.0. The fraction of sp³-hybridized carbons (Fsp3) is 0.429. The van der Waals surface area contributed by atoms with Gasteiger partial charge in [-0.15, -0.1) is 11.8 Å². The number of carbonyl (C=O) groups is 2. The summed E-state index contributed by atoms with van der Waals surface area (Å²) in [5, 5.41) is 3.17. The number of benzene rings is 2. The molecular formula is C28H34N2O4S. The topological polar surface area (TPSA) is 67.9 Å². The summed E-state index contributed by atoms with van der Waals surface area (Å²) in [4.78, 5) is 30.0. The van der Waals surface area contributed by atoms with E-state index in [9.17, 15) is 9.59 Å². The molecule has 35 heavy (non-hydrogen) atoms. The number of fused-ring (bicyclic) bond motifs is 1. The predicted octanol–water partition coefficient (Wildman–Crippen LogP) is 5.34. The van der Waals surface area contributed by atoms with E-state index in [-0.39, 0.29) is 11.8 Å². The monoisotopic (exact) mass is 494 g/mol. The summed E-state index contributed by atoms with van der Waals surface area (Å²) in [5.41, 5.74) is 3.48. The van der Waals surface area contributed by atoms with Gasteiger partial charge >= 0.3 is 0 Å². The van der Waals surface area contributed by atoms with Gasteiger partial charge in [-0.05, 0) is 73.8 Å². The van der Waals surface area contributed by atoms with Crippen molar-refractivity contribution in [2.45, 2.75) is 49.0 Å². The van der Waals surface area contributed by atoms with E-state index in [1.165, 1.54) is 18.4 Å². The molecule has 0 unspecified atom stereocenters. The van der Waals surface area contributed by atoms with Crippen LogP contribution in [0.25, 0.3) is 0 Å². The van der Waals surface area contributed by atoms with Crippen LogP contribution in [-0.4, -0.2) is 50.8 Å². The molecule has 186 valence electrons. The van der Waals surface area contributed by atoms with Crippen LogP contribution in [0.1, 0.15) is 65.5 Å². The van der Waals surface area contributed by atoms with Gasteiger partial charge in [0.1, 0.15) is 0 Å². The maximum Gasteiger partial charge on any atom is 0.254 e. The predicted molar refractivity (Wildman–Crippen MR) is 140 cm³/mol. The molecule has 1 N–H and O–H groups in total. The third-order valence-electron chi connectivity index (χ3n) is 7.04. The maximum absolute atomic E-state index is 13.8. The van der Waals surface area contributed by atoms with Crippen LogP contribution in [-0.2, 0) is 4.79 Å². The zero-order valence-corrected chi connectivity index (χ0v) is 21.7. The van der Waals surface area contributed by atoms with Crippen LogP contribution in [0.3, 0.4) is 0 Å². The Morgan fingerprint density at radius 2 is 1.83 bits per heavy atom. The average molecular weight is 495 g/mol. The van der Waals surface area contributed by atoms with Gasteiger partial charge in [-0.1, -0.05) is 23.8 Å². The van der Waals surface area contributed by atoms with Gasteiger partial charge in [-0.3, -0.25) is 9.59 Å². The molecule has 6 nitrogen and oxygen atoms in total. The van der Waals surface area contributed by atoms with Crippen LogP contribution in [0, 0.1) is 0 Å². The highest BCUT2D eigenvalue weighted by Gasteiger charge is 2.43. The lowest BCUT2D eigenvalue weighted by Gasteiger charge is -2.40. The lowest BCUT2D eigenvalue weighted by molar-refractivity contribution is -0.124. The molecule has 0 spiro atoms. The first-order chi connectivity index (χ1) is 17.0. The van der Waals surface area contributed by atoms with Gasteiger partial charge in [0, 0.05) is 24.1 Å². The van der Waals surface area contributed by atoms with E-state index in [1.54, 1.807) is 50.1 Å². The van der Waals surface area contributed by atoms with Gasteiger partial charge in [0.25, 0.3) is 5.91 Å². The van der Waals surface area contributed by atoms with Gasteiger partial charge in [0.05, 0.1) is 26.2 Å². The molecule has 4 rings (SSSR count). The van der Waals surface area contributed by atoms with Gasteiger partial charge in [-0.25, -0.2) is 0 Å². The van der Waals surface area contributed by atoms with Crippen molar-refractivity contribution in [1.29, 1.82) is 0 Å². The number of amides is 2. The fourth-order valence-electron chi connectivity index (χ4n) is 5.14. The van der Waals surface area contributed by atoms with Gasteiger partial charge in [0.2, 0.25) is 5.91 Å². The number of ether oxygens (including phenoxy) is 2. The Hall–Kier alpha value is -2.93. The number of methoxy groups -OCH3 is 2. The van der Waals surface area contributed by atoms with Gasteiger partial charge < -0.3 is 19.7 Å². The van der Waals surface area contributed by atoms with Crippen molar-refractivity contribution in [2.75, 3.05) is 34.1 Å². The molecule has 0 fully saturated rings. The third kappa shape index (κ3) is 5.20. The van der Waals surface area contributed by atoms with E-state index in [0.29, 0.717) is 29.2 Å². The summed E-state index contributed by atoms with van der Waals surface area (Å²) in [6.07, 6.45) is 9.90. The molecule has 1 heterocycles. The highest BCUT2D eigenvalue weighted by atomic mass is 32.2. The van der Waals surface area contributed by atoms with E-state index in [2.05, 4.69) is 11.4 Å². The molecule has 0 saturated heterocycles. The summed E-state index contributed by atoms with van der Waals surface area (Å²) in [7, 11) is 4.87. The molecule has 0 saturated carbocycles. The van der Waals surface area contributed by atoms with Crippen LogP contribution < -0.4 is 14.8 Å². The Bertz CT molecular complexity index is 1110. The van der Waals surface area contributed by atoms with E-state index < -0.39 is 12.0 Å². The summed E-state index contributed by atoms with van der Waals surface area (Å²) in [6.45, 7) is 0.583. The van der Waals surface area contributed by atoms with E-state index >= 15 is 0 Å². The number of hydrogen-bond acceptors (Lipinski definition) is 5. The highest BCUT2D eigenvalue weighted by molar-refractivity contribution is 7.98. The van der Waals surface area contributed by atoms with Gasteiger partial charge in [0.15, 0.2) is 11.5 Å². The van der Waals surface area contributed by atoms with Crippen molar-refractivity contribution in [3.8, 4) is 11.5 Å². The zero-order chi connectivity index (χ0) is 24.9. The molecule has 2 atom stereocenters. The molecule has 0 aromatic heterocycles. The smallest absolute Gasteiger partial charge is 0.254 e. The minimum atomic E-state index is -0.576. The first-order valence-electron chi connectivity index (χ1n) is 12.1. The molecule has 2 amide bonds. The minimum Gasteiger partial charge on any atom is -0.493 e. The molecule has 7 heteroatoms. The molecule has 1 aliphatic carbocycles. The van der Waals surface area contributed by atoms with E-state index in [1.807, 2.05) is 30.5 Å². The third-order valence-corrected chi connectivity index (χ3v) is 7.79. The number of hydrogen-bond donors (Lipinski definition) is 1. The number of allylic oxidation sites excluding steroid dienone is 1. The molecule has 0 bridgehead atoms. The van der Waals surface area contributed by atoms with Crippen LogP contribution in [0.4, 0.5) is 0 Å². The Balaban J connectivity index is 1.72. The molecule has 2 aliphatic rings. The lowest BCUT2D eigenvalue weighted by atomic mass is 9.79. The summed E-state index contributed by atoms with van der Waals surface area (Å²) >= 11 is 1.66. The van der Waals surface area contributed by atoms with Crippen LogP contribution in [0.5, 0.6) is 11.5 Å². The first-order valence-corrected chi connectivity index (χ1v) is 13.3. The summed E-state index contributed by atoms with van der Waals surface area (Å²) in [5.74, 6) is 0.168. The van der Waals surface area contributed by atoms with Crippen molar-refractivity contribution in [3.63, 3.8) is 0 Å². The van der Waals surface area contributed by atoms with Gasteiger partial charge in [-0.2, -0.15) is 0 Å². The molecule has 1 aliphatic heterocycles. The SMILES string of the molecule is COc1cc2c(cc1OC)[C@@H](C(=O)NCCC1=CCCCC1)[C@@H](c1ccc(SC)cc1)N(C)C2=O. The van der Waals surface area contributed by atoms with E-state index in [0.717, 1.165) is 29.7 Å². The molecule has 2 aromatic carbocycles. The zero-order valence-electron chi connectivity index (χ0n) is 20.9. The number of likely N-dealkylation sites (N-methyl/N-ethyl adjacent to an activating group) is 1. The molecule has 0 radical (unpaired) electrons. The van der Waals surface area contributed by atoms with Crippen molar-refractivity contribution in [2.24, 2.45) is 0 Å². The lowest BCUT2D eigenvalue weighted by Crippen LogP contribution is -2.45. The Labute approximate surface area is 212 Å². The Kier molecular flexibility index (Phi) is 8.06. The van der Waals surface area contributed by atoms with E-state index in [4.69, 9.17) is 9.47 Å². The quantitative estimate of drug-likeness (QED) is 0.396. The van der Waals surface area contributed by atoms with Crippen molar-refractivity contribution < 1.29 is 19.1 Å². The molecular weight excluding hydrogens is 460 g/mol. The maximum atomic E-state index is 13.8. The summed E-state index contributed by atoms with van der Waals surface area (Å²) in [6, 6.07) is 11.1. The van der Waals surface area contributed by atoms with Crippen molar-refractivity contribution in [3.05, 3.63) is 64.7 Å². The van der Waals surface area contributed by atoms with Crippen molar-refractivity contribution >= 4 is 23.6 Å². The van der Waals surface area contributed by atoms with Crippen LogP contribution in [0.15, 0.2) is 52.9 Å². The van der Waals surface area contributed by atoms with Crippen LogP contribution in [0.2, 0.25) is 0 Å². The minimum absolute atomic E-state index is 0.0897. The second kappa shape index (κ2) is 11.2. The highest BCUT2D eigenvalue weighted by Crippen LogP contribution is 2.45. The Morgan fingerprint density at radius 1 is 1.11 bits per heavy atom. The van der Waals surface area contributed by atoms with Crippen LogP contribution >= 0.6 is 11.8 Å². The van der Waals surface area contributed by atoms with Crippen molar-refractivity contribution in [1.82, 2.24) is 10.2 Å². The number of carbonyl (C=O) groups excluding carboxylic acids is 2.